The van der Waals surface area contributed by atoms with Crippen LogP contribution in [-0.2, 0) is 0 Å². The highest BCUT2D eigenvalue weighted by Crippen LogP contribution is 2.36. The van der Waals surface area contributed by atoms with Crippen LogP contribution >= 0.6 is 11.3 Å². The predicted octanol–water partition coefficient (Wildman–Crippen LogP) is 4.58. The molecule has 6 nitrogen and oxygen atoms in total. The average Bonchev–Trinajstić information content (AvgIpc) is 3.25. The highest BCUT2D eigenvalue weighted by atomic mass is 32.1. The van der Waals surface area contributed by atoms with Crippen LogP contribution in [0.3, 0.4) is 0 Å². The van der Waals surface area contributed by atoms with E-state index in [1.165, 1.54) is 17.5 Å². The van der Waals surface area contributed by atoms with Crippen LogP contribution in [0.15, 0.2) is 47.1 Å². The Kier molecular flexibility index (Phi) is 8.95. The Balaban J connectivity index is 0.00000199. The lowest BCUT2D eigenvalue weighted by Gasteiger charge is -2.17. The number of allylic oxidation sites excluding steroid dienone is 1. The van der Waals surface area contributed by atoms with Gasteiger partial charge in [0, 0.05) is 53.0 Å². The van der Waals surface area contributed by atoms with Gasteiger partial charge >= 0.3 is 0 Å². The van der Waals surface area contributed by atoms with Crippen LogP contribution in [0.5, 0.6) is 0 Å². The van der Waals surface area contributed by atoms with E-state index in [-0.39, 0.29) is 12.3 Å². The van der Waals surface area contributed by atoms with E-state index in [1.54, 1.807) is 19.2 Å². The fourth-order valence-electron chi connectivity index (χ4n) is 3.60. The molecule has 0 aliphatic heterocycles. The van der Waals surface area contributed by atoms with E-state index in [2.05, 4.69) is 34.8 Å². The lowest BCUT2D eigenvalue weighted by molar-refractivity contribution is 1.25. The van der Waals surface area contributed by atoms with Crippen LogP contribution in [0.1, 0.15) is 57.0 Å². The zero-order valence-electron chi connectivity index (χ0n) is 19.8. The van der Waals surface area contributed by atoms with Gasteiger partial charge in [0.1, 0.15) is 6.07 Å². The third-order valence-corrected chi connectivity index (χ3v) is 6.24. The Bertz CT molecular complexity index is 1390. The molecule has 0 unspecified atom stereocenters. The quantitative estimate of drug-likeness (QED) is 0.311. The van der Waals surface area contributed by atoms with Gasteiger partial charge in [0.15, 0.2) is 0 Å². The molecule has 7 N–H and O–H groups in total. The van der Waals surface area contributed by atoms with E-state index in [0.717, 1.165) is 21.6 Å². The molecule has 1 aromatic heterocycles. The van der Waals surface area contributed by atoms with E-state index >= 15 is 0 Å². The zero-order valence-corrected chi connectivity index (χ0v) is 20.7. The number of benzene rings is 1. The van der Waals surface area contributed by atoms with Crippen molar-refractivity contribution in [2.45, 2.75) is 20.8 Å². The maximum absolute atomic E-state index is 9.85. The summed E-state index contributed by atoms with van der Waals surface area (Å²) >= 11 is 1.44. The molecule has 0 spiro atoms. The van der Waals surface area contributed by atoms with Gasteiger partial charge in [-0.05, 0) is 30.2 Å². The van der Waals surface area contributed by atoms with Crippen molar-refractivity contribution in [2.75, 3.05) is 13.6 Å². The van der Waals surface area contributed by atoms with E-state index < -0.39 is 0 Å². The van der Waals surface area contributed by atoms with E-state index in [9.17, 15) is 5.26 Å². The van der Waals surface area contributed by atoms with Crippen molar-refractivity contribution < 1.29 is 0 Å². The molecular formula is C27H28N6S. The second-order valence-corrected chi connectivity index (χ2v) is 7.97. The largest absolute Gasteiger partial charge is 0.404 e. The third kappa shape index (κ3) is 4.78. The summed E-state index contributed by atoms with van der Waals surface area (Å²) in [5, 5.41) is 18.2. The first-order valence-electron chi connectivity index (χ1n) is 10.6. The maximum atomic E-state index is 9.85. The van der Waals surface area contributed by atoms with Crippen molar-refractivity contribution in [2.24, 2.45) is 22.2 Å². The molecule has 34 heavy (non-hydrogen) atoms. The van der Waals surface area contributed by atoms with Gasteiger partial charge in [-0.3, -0.25) is 4.99 Å². The number of hydrogen-bond acceptors (Lipinski definition) is 7. The number of rotatable bonds is 6. The molecule has 0 amide bonds. The van der Waals surface area contributed by atoms with Gasteiger partial charge < -0.3 is 22.6 Å². The molecule has 0 saturated carbocycles. The number of hydrogen-bond donors (Lipinski definition) is 4. The summed E-state index contributed by atoms with van der Waals surface area (Å²) in [6.45, 7) is 9.55. The standard InChI is InChI=1S/C25H22N6S.C2H6/c1-4-20(29)23-14(2)9-15(10-17(23)21(30)13-28)18(11-26)24(31-3)25-19(12-27)16-7-5-6-8-22(16)32-25;1-2/h7-11,30H,1,13,26,28-29H2,2-3H3;1-2H3/b18-11-,30-21?,31-24?;. The fourth-order valence-corrected chi connectivity index (χ4v) is 4.77. The normalized spacial score (nSPS) is 11.8. The summed E-state index contributed by atoms with van der Waals surface area (Å²) in [4.78, 5) is 6.10. The van der Waals surface area contributed by atoms with Crippen molar-refractivity contribution in [3.63, 3.8) is 0 Å². The highest BCUT2D eigenvalue weighted by molar-refractivity contribution is 7.16. The van der Waals surface area contributed by atoms with Gasteiger partial charge in [-0.1, -0.05) is 38.0 Å². The van der Waals surface area contributed by atoms with Gasteiger partial charge in [-0.25, -0.2) is 0 Å². The maximum Gasteiger partial charge on any atom is 0.101 e. The van der Waals surface area contributed by atoms with E-state index in [0.29, 0.717) is 38.5 Å². The Labute approximate surface area is 204 Å². The first-order chi connectivity index (χ1) is 16.4. The minimum atomic E-state index is 0.0403. The number of aryl methyl sites for hydroxylation is 1. The molecule has 0 atom stereocenters. The molecule has 0 bridgehead atoms. The topological polar surface area (TPSA) is 138 Å². The Hall–Kier alpha value is -4.13. The minimum absolute atomic E-state index is 0.0403. The molecule has 1 aliphatic rings. The monoisotopic (exact) mass is 468 g/mol. The second-order valence-electron chi connectivity index (χ2n) is 6.91. The van der Waals surface area contributed by atoms with Crippen LogP contribution in [-0.4, -0.2) is 25.0 Å². The molecule has 0 saturated heterocycles. The summed E-state index contributed by atoms with van der Waals surface area (Å²) in [5.74, 6) is 0. The molecule has 7 heteroatoms. The van der Waals surface area contributed by atoms with Crippen LogP contribution in [0.4, 0.5) is 0 Å². The molecule has 0 fully saturated rings. The summed E-state index contributed by atoms with van der Waals surface area (Å²) in [5.41, 5.74) is 32.3. The van der Waals surface area contributed by atoms with Crippen LogP contribution in [0.2, 0.25) is 0 Å². The molecule has 1 heterocycles. The number of fused-ring (bicyclic) bond motifs is 1. The first kappa shape index (κ1) is 26.1. The number of nitrogens with zero attached hydrogens (tertiary/aromatic N) is 2. The average molecular weight is 469 g/mol. The number of thiophene rings is 1. The Morgan fingerprint density at radius 1 is 1.29 bits per heavy atom. The minimum Gasteiger partial charge on any atom is -0.404 e. The first-order valence-corrected chi connectivity index (χ1v) is 11.5. The fraction of sp³-hybridized carbons (Fsp3) is 0.185. The molecule has 1 aromatic carbocycles. The SMILES string of the molecule is C=C=C(N)c1c(C)cc(/C(=C/N)C(=NC)c2sc3c(c2C#N)C=C=C=C3)cc1C(=N)CN.CC. The third-order valence-electron chi connectivity index (χ3n) is 5.08. The zero-order chi connectivity index (χ0) is 25.4. The second kappa shape index (κ2) is 11.7. The van der Waals surface area contributed by atoms with Crippen LogP contribution < -0.4 is 17.2 Å². The van der Waals surface area contributed by atoms with Gasteiger partial charge in [0.05, 0.1) is 27.6 Å². The summed E-state index contributed by atoms with van der Waals surface area (Å²) in [7, 11) is 1.66. The molecular weight excluding hydrogens is 440 g/mol. The van der Waals surface area contributed by atoms with Crippen molar-refractivity contribution in [3.8, 4) is 6.07 Å². The van der Waals surface area contributed by atoms with Crippen molar-refractivity contribution >= 4 is 46.2 Å². The Morgan fingerprint density at radius 2 is 1.97 bits per heavy atom. The van der Waals surface area contributed by atoms with Gasteiger partial charge in [-0.2, -0.15) is 5.26 Å². The van der Waals surface area contributed by atoms with Crippen LogP contribution in [0.25, 0.3) is 23.4 Å². The van der Waals surface area contributed by atoms with Crippen molar-refractivity contribution in [1.29, 1.82) is 10.7 Å². The molecule has 3 rings (SSSR count). The van der Waals surface area contributed by atoms with Crippen LogP contribution in [0, 0.1) is 23.7 Å². The van der Waals surface area contributed by atoms with Gasteiger partial charge in [0.2, 0.25) is 0 Å². The molecule has 0 radical (unpaired) electrons. The predicted molar refractivity (Wildman–Crippen MR) is 145 cm³/mol. The number of aliphatic imine (C=N–C) groups is 1. The van der Waals surface area contributed by atoms with Gasteiger partial charge in [-0.15, -0.1) is 17.1 Å². The number of nitriles is 1. The van der Waals surface area contributed by atoms with E-state index in [1.807, 2.05) is 32.9 Å². The summed E-state index contributed by atoms with van der Waals surface area (Å²) < 4.78 is 0. The summed E-state index contributed by atoms with van der Waals surface area (Å²) in [6.07, 6.45) is 5.01. The van der Waals surface area contributed by atoms with Crippen molar-refractivity contribution in [3.05, 3.63) is 85.2 Å². The smallest absolute Gasteiger partial charge is 0.101 e. The molecule has 2 aromatic rings. The van der Waals surface area contributed by atoms with Crippen molar-refractivity contribution in [1.82, 2.24) is 0 Å². The lowest BCUT2D eigenvalue weighted by Crippen LogP contribution is -2.18. The number of nitrogens with one attached hydrogen (secondary N) is 1. The van der Waals surface area contributed by atoms with Gasteiger partial charge in [0.25, 0.3) is 0 Å². The number of nitrogens with two attached hydrogens (primary N) is 3. The highest BCUT2D eigenvalue weighted by Gasteiger charge is 2.24. The Morgan fingerprint density at radius 3 is 2.53 bits per heavy atom. The molecule has 172 valence electrons. The molecule has 1 aliphatic carbocycles. The van der Waals surface area contributed by atoms with E-state index in [4.69, 9.17) is 22.6 Å². The summed E-state index contributed by atoms with van der Waals surface area (Å²) in [6, 6.07) is 6.01. The lowest BCUT2D eigenvalue weighted by atomic mass is 9.89.